The van der Waals surface area contributed by atoms with E-state index in [0.29, 0.717) is 13.1 Å². The van der Waals surface area contributed by atoms with Crippen LogP contribution in [-0.4, -0.2) is 48.8 Å². The summed E-state index contributed by atoms with van der Waals surface area (Å²) in [5, 5.41) is 13.8. The minimum Gasteiger partial charge on any atom is -0.345 e. The Bertz CT molecular complexity index is 1240. The highest BCUT2D eigenvalue weighted by Gasteiger charge is 2.31. The van der Waals surface area contributed by atoms with Gasteiger partial charge in [-0.15, -0.1) is 11.3 Å². The molecule has 0 atom stereocenters. The molecule has 1 aromatic heterocycles. The Morgan fingerprint density at radius 3 is 2.55 bits per heavy atom. The first kappa shape index (κ1) is 22.2. The largest absolute Gasteiger partial charge is 0.345 e. The zero-order valence-corrected chi connectivity index (χ0v) is 19.9. The average Bonchev–Trinajstić information content (AvgIpc) is 3.24. The fraction of sp³-hybridized carbons (Fsp3) is 0.211. The SMILES string of the molecule is O=[N+]([O-])c1cc(S(=O)(=O)N2CCN(c3nc(-c4cccc(Br)c4)cs3)CC2)ccc1Cl. The third kappa shape index (κ3) is 4.60. The molecular formula is C19H16BrClN4O4S2. The number of piperazine rings is 1. The number of nitrogens with zero attached hydrogens (tertiary/aromatic N) is 4. The normalized spacial score (nSPS) is 15.2. The van der Waals surface area contributed by atoms with E-state index < -0.39 is 20.6 Å². The van der Waals surface area contributed by atoms with Crippen molar-refractivity contribution < 1.29 is 13.3 Å². The Hall–Kier alpha value is -2.05. The lowest BCUT2D eigenvalue weighted by Crippen LogP contribution is -2.48. The Labute approximate surface area is 196 Å². The van der Waals surface area contributed by atoms with Gasteiger partial charge in [0.2, 0.25) is 10.0 Å². The average molecular weight is 544 g/mol. The number of thiazole rings is 1. The highest BCUT2D eigenvalue weighted by atomic mass is 79.9. The molecule has 12 heteroatoms. The molecule has 1 aliphatic rings. The molecule has 0 N–H and O–H groups in total. The lowest BCUT2D eigenvalue weighted by Gasteiger charge is -2.33. The van der Waals surface area contributed by atoms with Gasteiger partial charge < -0.3 is 4.90 Å². The van der Waals surface area contributed by atoms with Gasteiger partial charge >= 0.3 is 0 Å². The zero-order chi connectivity index (χ0) is 22.2. The maximum atomic E-state index is 13.0. The van der Waals surface area contributed by atoms with E-state index in [1.54, 1.807) is 0 Å². The minimum absolute atomic E-state index is 0.0983. The second kappa shape index (κ2) is 8.83. The fourth-order valence-electron chi connectivity index (χ4n) is 3.25. The van der Waals surface area contributed by atoms with Crippen molar-refractivity contribution >= 4 is 59.7 Å². The van der Waals surface area contributed by atoms with Crippen LogP contribution in [0.3, 0.4) is 0 Å². The number of hydrogen-bond donors (Lipinski definition) is 0. The molecule has 2 aromatic carbocycles. The van der Waals surface area contributed by atoms with Crippen molar-refractivity contribution in [2.45, 2.75) is 4.90 Å². The first-order chi connectivity index (χ1) is 14.8. The van der Waals surface area contributed by atoms with Gasteiger partial charge in [0.25, 0.3) is 5.69 Å². The number of halogens is 2. The Morgan fingerprint density at radius 1 is 1.13 bits per heavy atom. The molecule has 1 aliphatic heterocycles. The second-order valence-corrected chi connectivity index (χ2v) is 10.9. The molecule has 0 saturated carbocycles. The van der Waals surface area contributed by atoms with Crippen LogP contribution in [0.2, 0.25) is 5.02 Å². The molecule has 1 fully saturated rings. The summed E-state index contributed by atoms with van der Waals surface area (Å²) in [6.07, 6.45) is 0. The standard InChI is InChI=1S/C19H16BrClN4O4S2/c20-14-3-1-2-13(10-14)17-12-30-19(22-17)23-6-8-24(9-7-23)31(28,29)15-4-5-16(21)18(11-15)25(26)27/h1-5,10-12H,6-9H2. The van der Waals surface area contributed by atoms with Gasteiger partial charge in [0, 0.05) is 47.7 Å². The second-order valence-electron chi connectivity index (χ2n) is 6.79. The summed E-state index contributed by atoms with van der Waals surface area (Å²) in [4.78, 5) is 17.0. The smallest absolute Gasteiger partial charge is 0.289 e. The Morgan fingerprint density at radius 2 is 1.87 bits per heavy atom. The fourth-order valence-corrected chi connectivity index (χ4v) is 6.17. The quantitative estimate of drug-likeness (QED) is 0.343. The van der Waals surface area contributed by atoms with Crippen molar-refractivity contribution in [3.8, 4) is 11.3 Å². The monoisotopic (exact) mass is 542 g/mol. The number of rotatable bonds is 5. The minimum atomic E-state index is -3.86. The molecule has 162 valence electrons. The van der Waals surface area contributed by atoms with Crippen molar-refractivity contribution in [1.82, 2.24) is 9.29 Å². The van der Waals surface area contributed by atoms with Gasteiger partial charge in [0.15, 0.2) is 5.13 Å². The molecular weight excluding hydrogens is 528 g/mol. The van der Waals surface area contributed by atoms with Crippen LogP contribution in [0.4, 0.5) is 10.8 Å². The molecule has 0 unspecified atom stereocenters. The number of hydrogen-bond acceptors (Lipinski definition) is 7. The first-order valence-corrected chi connectivity index (χ1v) is 12.7. The first-order valence-electron chi connectivity index (χ1n) is 9.16. The molecule has 31 heavy (non-hydrogen) atoms. The van der Waals surface area contributed by atoms with Gasteiger partial charge in [0.05, 0.1) is 15.5 Å². The third-order valence-electron chi connectivity index (χ3n) is 4.87. The predicted octanol–water partition coefficient (Wildman–Crippen LogP) is 4.65. The summed E-state index contributed by atoms with van der Waals surface area (Å²) >= 11 is 10.8. The third-order valence-corrected chi connectivity index (χ3v) is 8.48. The Kier molecular flexibility index (Phi) is 6.31. The number of benzene rings is 2. The molecule has 0 amide bonds. The molecule has 4 rings (SSSR count). The molecule has 0 spiro atoms. The molecule has 2 heterocycles. The van der Waals surface area contributed by atoms with Gasteiger partial charge in [0.1, 0.15) is 5.02 Å². The molecule has 0 aliphatic carbocycles. The predicted molar refractivity (Wildman–Crippen MR) is 124 cm³/mol. The maximum Gasteiger partial charge on any atom is 0.289 e. The summed E-state index contributed by atoms with van der Waals surface area (Å²) < 4.78 is 28.2. The summed E-state index contributed by atoms with van der Waals surface area (Å²) in [5.41, 5.74) is 1.44. The number of nitro groups is 1. The van der Waals surface area contributed by atoms with Crippen molar-refractivity contribution in [2.75, 3.05) is 31.1 Å². The summed E-state index contributed by atoms with van der Waals surface area (Å²) in [6.45, 7) is 1.45. The van der Waals surface area contributed by atoms with Gasteiger partial charge in [-0.25, -0.2) is 13.4 Å². The number of anilines is 1. The van der Waals surface area contributed by atoms with Crippen LogP contribution in [0.15, 0.2) is 57.2 Å². The van der Waals surface area contributed by atoms with Crippen LogP contribution in [0.5, 0.6) is 0 Å². The highest BCUT2D eigenvalue weighted by Crippen LogP contribution is 2.31. The maximum absolute atomic E-state index is 13.0. The molecule has 1 saturated heterocycles. The topological polar surface area (TPSA) is 96.6 Å². The molecule has 0 radical (unpaired) electrons. The van der Waals surface area contributed by atoms with Crippen LogP contribution in [-0.2, 0) is 10.0 Å². The summed E-state index contributed by atoms with van der Waals surface area (Å²) in [6, 6.07) is 11.4. The van der Waals surface area contributed by atoms with E-state index in [4.69, 9.17) is 16.6 Å². The zero-order valence-electron chi connectivity index (χ0n) is 15.9. The lowest BCUT2D eigenvalue weighted by atomic mass is 10.2. The van der Waals surface area contributed by atoms with E-state index in [0.717, 1.165) is 26.9 Å². The van der Waals surface area contributed by atoms with Crippen LogP contribution >= 0.6 is 38.9 Å². The van der Waals surface area contributed by atoms with Crippen molar-refractivity contribution in [1.29, 1.82) is 0 Å². The van der Waals surface area contributed by atoms with Crippen molar-refractivity contribution in [3.63, 3.8) is 0 Å². The number of aromatic nitrogens is 1. The molecule has 0 bridgehead atoms. The number of nitro benzene ring substituents is 1. The van der Waals surface area contributed by atoms with E-state index in [1.807, 2.05) is 34.5 Å². The molecule has 3 aromatic rings. The van der Waals surface area contributed by atoms with Crippen LogP contribution in [0.25, 0.3) is 11.3 Å². The lowest BCUT2D eigenvalue weighted by molar-refractivity contribution is -0.384. The van der Waals surface area contributed by atoms with E-state index in [-0.39, 0.29) is 23.0 Å². The van der Waals surface area contributed by atoms with Crippen LogP contribution < -0.4 is 4.90 Å². The van der Waals surface area contributed by atoms with Crippen molar-refractivity contribution in [2.24, 2.45) is 0 Å². The van der Waals surface area contributed by atoms with Gasteiger partial charge in [-0.2, -0.15) is 4.31 Å². The summed E-state index contributed by atoms with van der Waals surface area (Å²) in [5.74, 6) is 0. The van der Waals surface area contributed by atoms with Crippen molar-refractivity contribution in [3.05, 3.63) is 67.5 Å². The van der Waals surface area contributed by atoms with E-state index in [9.17, 15) is 18.5 Å². The Balaban J connectivity index is 1.48. The number of sulfonamides is 1. The highest BCUT2D eigenvalue weighted by molar-refractivity contribution is 9.10. The summed E-state index contributed by atoms with van der Waals surface area (Å²) in [7, 11) is -3.86. The molecule has 8 nitrogen and oxygen atoms in total. The van der Waals surface area contributed by atoms with E-state index in [1.165, 1.54) is 27.8 Å². The van der Waals surface area contributed by atoms with Gasteiger partial charge in [-0.05, 0) is 24.3 Å². The van der Waals surface area contributed by atoms with Crippen LogP contribution in [0.1, 0.15) is 0 Å². The van der Waals surface area contributed by atoms with E-state index in [2.05, 4.69) is 15.9 Å². The van der Waals surface area contributed by atoms with Gasteiger partial charge in [-0.3, -0.25) is 10.1 Å². The van der Waals surface area contributed by atoms with Gasteiger partial charge in [-0.1, -0.05) is 39.7 Å². The van der Waals surface area contributed by atoms with Crippen LogP contribution in [0, 0.1) is 10.1 Å². The van der Waals surface area contributed by atoms with E-state index >= 15 is 0 Å².